The molecule has 1 aromatic rings. The number of nitrogens with one attached hydrogen (secondary N) is 1. The van der Waals surface area contributed by atoms with Crippen LogP contribution in [0.4, 0.5) is 0 Å². The standard InChI is InChI=1S/C12H19N3/c1-5-7-11-10(8-9-14-11)12(13-6-2)15(3)4/h6-9,14H,5H2,1-4H3/b11-7-,12-10+,13-6-. The minimum Gasteiger partial charge on any atom is -0.362 e. The van der Waals surface area contributed by atoms with Gasteiger partial charge in [0.2, 0.25) is 0 Å². The molecule has 0 saturated heterocycles. The van der Waals surface area contributed by atoms with Gasteiger partial charge in [-0.2, -0.15) is 0 Å². The van der Waals surface area contributed by atoms with Crippen molar-refractivity contribution in [2.75, 3.05) is 14.1 Å². The van der Waals surface area contributed by atoms with Crippen molar-refractivity contribution in [3.8, 4) is 0 Å². The summed E-state index contributed by atoms with van der Waals surface area (Å²) in [5.74, 6) is 0.985. The third-order valence-electron chi connectivity index (χ3n) is 2.10. The molecule has 0 amide bonds. The fourth-order valence-electron chi connectivity index (χ4n) is 1.50. The molecule has 0 bridgehead atoms. The number of hydrogen-bond donors (Lipinski definition) is 1. The monoisotopic (exact) mass is 205 g/mol. The zero-order chi connectivity index (χ0) is 11.3. The molecule has 0 radical (unpaired) electrons. The van der Waals surface area contributed by atoms with E-state index in [4.69, 9.17) is 0 Å². The first-order valence-corrected chi connectivity index (χ1v) is 5.24. The number of H-pyrrole nitrogens is 1. The maximum atomic E-state index is 4.39. The van der Waals surface area contributed by atoms with Crippen molar-refractivity contribution >= 4 is 18.1 Å². The highest BCUT2D eigenvalue weighted by atomic mass is 15.2. The van der Waals surface area contributed by atoms with Crippen molar-refractivity contribution in [2.45, 2.75) is 20.3 Å². The third kappa shape index (κ3) is 2.72. The van der Waals surface area contributed by atoms with E-state index in [1.165, 1.54) is 0 Å². The molecule has 0 atom stereocenters. The molecule has 3 heteroatoms. The molecule has 1 aromatic heterocycles. The van der Waals surface area contributed by atoms with Gasteiger partial charge in [-0.1, -0.05) is 13.0 Å². The molecule has 3 nitrogen and oxygen atoms in total. The van der Waals surface area contributed by atoms with Crippen LogP contribution in [0.3, 0.4) is 0 Å². The van der Waals surface area contributed by atoms with Gasteiger partial charge in [-0.05, 0) is 19.4 Å². The largest absolute Gasteiger partial charge is 0.362 e. The number of hydrogen-bond acceptors (Lipinski definition) is 2. The average Bonchev–Trinajstić information content (AvgIpc) is 2.62. The van der Waals surface area contributed by atoms with Crippen LogP contribution in [0.15, 0.2) is 17.3 Å². The highest BCUT2D eigenvalue weighted by molar-refractivity contribution is 5.62. The number of aliphatic imine (C=N–C) groups is 1. The molecule has 0 fully saturated rings. The summed E-state index contributed by atoms with van der Waals surface area (Å²) in [5, 5.41) is 2.30. The summed E-state index contributed by atoms with van der Waals surface area (Å²) in [7, 11) is 4.01. The molecular weight excluding hydrogens is 186 g/mol. The molecule has 0 saturated carbocycles. The van der Waals surface area contributed by atoms with Gasteiger partial charge in [-0.25, -0.2) is 4.99 Å². The van der Waals surface area contributed by atoms with Crippen molar-refractivity contribution in [2.24, 2.45) is 4.99 Å². The Bertz CT molecular complexity index is 438. The number of nitrogens with zero attached hydrogens (tertiary/aromatic N) is 2. The van der Waals surface area contributed by atoms with E-state index in [9.17, 15) is 0 Å². The van der Waals surface area contributed by atoms with E-state index in [2.05, 4.69) is 29.0 Å². The van der Waals surface area contributed by atoms with E-state index in [1.807, 2.05) is 38.3 Å². The van der Waals surface area contributed by atoms with Crippen LogP contribution in [0.25, 0.3) is 11.9 Å². The lowest BCUT2D eigenvalue weighted by Crippen LogP contribution is -2.29. The Kier molecular flexibility index (Phi) is 4.16. The summed E-state index contributed by atoms with van der Waals surface area (Å²) in [6.45, 7) is 4.06. The Morgan fingerprint density at radius 3 is 2.80 bits per heavy atom. The van der Waals surface area contributed by atoms with Crippen molar-refractivity contribution in [3.05, 3.63) is 22.8 Å². The van der Waals surface area contributed by atoms with Crippen molar-refractivity contribution in [1.82, 2.24) is 9.88 Å². The van der Waals surface area contributed by atoms with E-state index < -0.39 is 0 Å². The van der Waals surface area contributed by atoms with E-state index in [0.29, 0.717) is 0 Å². The van der Waals surface area contributed by atoms with Crippen molar-refractivity contribution in [3.63, 3.8) is 0 Å². The molecule has 0 aromatic carbocycles. The SMILES string of the molecule is C\C=N/C(=c1/cc[nH]/c1=C\CC)N(C)C. The van der Waals surface area contributed by atoms with Crippen molar-refractivity contribution in [1.29, 1.82) is 0 Å². The molecule has 1 heterocycles. The van der Waals surface area contributed by atoms with E-state index >= 15 is 0 Å². The van der Waals surface area contributed by atoms with Gasteiger partial charge in [0.1, 0.15) is 5.82 Å². The van der Waals surface area contributed by atoms with Crippen LogP contribution in [-0.4, -0.2) is 30.2 Å². The molecule has 0 spiro atoms. The maximum Gasteiger partial charge on any atom is 0.137 e. The Balaban J connectivity index is 3.48. The number of rotatable bonds is 3. The highest BCUT2D eigenvalue weighted by Crippen LogP contribution is 1.96. The van der Waals surface area contributed by atoms with Crippen molar-refractivity contribution < 1.29 is 0 Å². The molecular formula is C12H19N3. The zero-order valence-corrected chi connectivity index (χ0v) is 9.91. The van der Waals surface area contributed by atoms with Gasteiger partial charge < -0.3 is 9.88 Å². The predicted molar refractivity (Wildman–Crippen MR) is 66.1 cm³/mol. The summed E-state index contributed by atoms with van der Waals surface area (Å²) in [4.78, 5) is 9.63. The van der Waals surface area contributed by atoms with Crippen LogP contribution in [0.1, 0.15) is 20.3 Å². The van der Waals surface area contributed by atoms with Crippen LogP contribution < -0.4 is 10.6 Å². The minimum atomic E-state index is 0.985. The predicted octanol–water partition coefficient (Wildman–Crippen LogP) is 0.923. The van der Waals surface area contributed by atoms with E-state index in [1.54, 1.807) is 0 Å². The lowest BCUT2D eigenvalue weighted by molar-refractivity contribution is 0.576. The first kappa shape index (κ1) is 11.6. The second-order valence-electron chi connectivity index (χ2n) is 3.52. The van der Waals surface area contributed by atoms with Gasteiger partial charge >= 0.3 is 0 Å². The molecule has 0 aliphatic heterocycles. The number of aromatic nitrogens is 1. The first-order valence-electron chi connectivity index (χ1n) is 5.24. The van der Waals surface area contributed by atoms with Gasteiger partial charge in [0, 0.05) is 37.1 Å². The quantitative estimate of drug-likeness (QED) is 0.731. The lowest BCUT2D eigenvalue weighted by atomic mass is 10.3. The normalized spacial score (nSPS) is 14.8. The summed E-state index contributed by atoms with van der Waals surface area (Å²) in [6, 6.07) is 2.06. The first-order chi connectivity index (χ1) is 7.20. The van der Waals surface area contributed by atoms with Crippen LogP contribution in [0.5, 0.6) is 0 Å². The minimum absolute atomic E-state index is 0.985. The Morgan fingerprint density at radius 2 is 2.27 bits per heavy atom. The second-order valence-corrected chi connectivity index (χ2v) is 3.52. The average molecular weight is 205 g/mol. The van der Waals surface area contributed by atoms with Crippen LogP contribution >= 0.6 is 0 Å². The molecule has 15 heavy (non-hydrogen) atoms. The highest BCUT2D eigenvalue weighted by Gasteiger charge is 1.99. The third-order valence-corrected chi connectivity index (χ3v) is 2.10. The maximum absolute atomic E-state index is 4.39. The van der Waals surface area contributed by atoms with Crippen LogP contribution in [0.2, 0.25) is 0 Å². The summed E-state index contributed by atoms with van der Waals surface area (Å²) in [6.07, 6.45) is 6.96. The van der Waals surface area contributed by atoms with Crippen LogP contribution in [-0.2, 0) is 0 Å². The van der Waals surface area contributed by atoms with Gasteiger partial charge in [0.25, 0.3) is 0 Å². The fraction of sp³-hybridized carbons (Fsp3) is 0.417. The summed E-state index contributed by atoms with van der Waals surface area (Å²) in [5.41, 5.74) is 0. The fourth-order valence-corrected chi connectivity index (χ4v) is 1.50. The van der Waals surface area contributed by atoms with E-state index in [0.717, 1.165) is 22.8 Å². The lowest BCUT2D eigenvalue weighted by Gasteiger charge is -2.11. The van der Waals surface area contributed by atoms with Gasteiger partial charge in [-0.3, -0.25) is 0 Å². The Labute approximate surface area is 90.8 Å². The zero-order valence-electron chi connectivity index (χ0n) is 9.91. The molecule has 0 unspecified atom stereocenters. The second kappa shape index (κ2) is 5.39. The molecule has 0 aliphatic carbocycles. The van der Waals surface area contributed by atoms with Gasteiger partial charge in [0.05, 0.1) is 0 Å². The van der Waals surface area contributed by atoms with Gasteiger partial charge in [0.15, 0.2) is 0 Å². The summed E-state index contributed by atoms with van der Waals surface area (Å²) >= 11 is 0. The molecule has 1 N–H and O–H groups in total. The molecule has 1 rings (SSSR count). The molecule has 82 valence electrons. The topological polar surface area (TPSA) is 31.4 Å². The van der Waals surface area contributed by atoms with Crippen LogP contribution in [0, 0.1) is 0 Å². The Hall–Kier alpha value is -1.51. The van der Waals surface area contributed by atoms with E-state index in [-0.39, 0.29) is 0 Å². The van der Waals surface area contributed by atoms with Gasteiger partial charge in [-0.15, -0.1) is 0 Å². The summed E-state index contributed by atoms with van der Waals surface area (Å²) < 4.78 is 0. The number of aromatic amines is 1. The Morgan fingerprint density at radius 1 is 1.53 bits per heavy atom. The smallest absolute Gasteiger partial charge is 0.137 e. The molecule has 0 aliphatic rings.